The molecule has 158 valence electrons. The predicted molar refractivity (Wildman–Crippen MR) is 113 cm³/mol. The van der Waals surface area contributed by atoms with E-state index in [4.69, 9.17) is 10.5 Å². The highest BCUT2D eigenvalue weighted by Gasteiger charge is 2.39. The van der Waals surface area contributed by atoms with Crippen LogP contribution in [0.15, 0.2) is 64.6 Å². The summed E-state index contributed by atoms with van der Waals surface area (Å²) in [6, 6.07) is 13.0. The molecular formula is C22H19N3O5S. The second-order valence-corrected chi connectivity index (χ2v) is 9.35. The number of nitrogens with zero attached hydrogens (tertiary/aromatic N) is 1. The Kier molecular flexibility index (Phi) is 4.54. The Morgan fingerprint density at radius 2 is 1.55 bits per heavy atom. The molecule has 0 aromatic heterocycles. The van der Waals surface area contributed by atoms with E-state index in [9.17, 15) is 18.0 Å². The summed E-state index contributed by atoms with van der Waals surface area (Å²) >= 11 is 0. The summed E-state index contributed by atoms with van der Waals surface area (Å²) in [5.41, 5.74) is 8.67. The van der Waals surface area contributed by atoms with Crippen molar-refractivity contribution >= 4 is 33.1 Å². The van der Waals surface area contributed by atoms with Crippen LogP contribution in [0.1, 0.15) is 21.5 Å². The van der Waals surface area contributed by atoms with Crippen LogP contribution in [-0.4, -0.2) is 50.7 Å². The van der Waals surface area contributed by atoms with Crippen LogP contribution < -0.4 is 11.1 Å². The van der Waals surface area contributed by atoms with E-state index in [1.54, 1.807) is 36.4 Å². The molecule has 2 aromatic rings. The van der Waals surface area contributed by atoms with Crippen molar-refractivity contribution in [1.29, 1.82) is 0 Å². The minimum absolute atomic E-state index is 0.142. The third kappa shape index (κ3) is 3.01. The zero-order valence-corrected chi connectivity index (χ0v) is 17.2. The standard InChI is InChI=1S/C22H19N3O5S/c23-19-15-3-1-2-4-16(15)21(26)18-17(19)22(27)24-20(18)13-5-7-14(8-6-13)31(28,29)25-9-11-30-12-10-25/h1-8H,9-12,23H2,(H,24,27). The Morgan fingerprint density at radius 1 is 0.903 bits per heavy atom. The molecule has 2 heterocycles. The lowest BCUT2D eigenvalue weighted by Gasteiger charge is -2.26. The monoisotopic (exact) mass is 437 g/mol. The molecule has 9 heteroatoms. The van der Waals surface area contributed by atoms with Gasteiger partial charge in [-0.3, -0.25) is 9.59 Å². The van der Waals surface area contributed by atoms with Crippen molar-refractivity contribution in [2.45, 2.75) is 4.90 Å². The van der Waals surface area contributed by atoms with Gasteiger partial charge in [-0.1, -0.05) is 36.4 Å². The molecule has 0 unspecified atom stereocenters. The maximum atomic E-state index is 13.2. The Bertz CT molecular complexity index is 1290. The number of Topliss-reactive ketones (excluding diaryl/α,β-unsaturated/α-hetero) is 1. The van der Waals surface area contributed by atoms with Gasteiger partial charge in [0.15, 0.2) is 5.78 Å². The number of rotatable bonds is 3. The molecule has 2 aromatic carbocycles. The van der Waals surface area contributed by atoms with Crippen LogP contribution in [0, 0.1) is 0 Å². The van der Waals surface area contributed by atoms with Crippen LogP contribution in [0.5, 0.6) is 0 Å². The zero-order valence-electron chi connectivity index (χ0n) is 16.4. The Morgan fingerprint density at radius 3 is 2.23 bits per heavy atom. The number of amides is 1. The maximum Gasteiger partial charge on any atom is 0.258 e. The first-order chi connectivity index (χ1) is 14.9. The van der Waals surface area contributed by atoms with Gasteiger partial charge in [-0.25, -0.2) is 8.42 Å². The lowest BCUT2D eigenvalue weighted by molar-refractivity contribution is -0.115. The van der Waals surface area contributed by atoms with Gasteiger partial charge >= 0.3 is 0 Å². The number of hydrogen-bond acceptors (Lipinski definition) is 6. The van der Waals surface area contributed by atoms with Crippen LogP contribution in [0.3, 0.4) is 0 Å². The fourth-order valence-electron chi connectivity index (χ4n) is 4.09. The van der Waals surface area contributed by atoms with Crippen LogP contribution in [-0.2, 0) is 19.6 Å². The van der Waals surface area contributed by atoms with Gasteiger partial charge in [-0.05, 0) is 17.7 Å². The van der Waals surface area contributed by atoms with Gasteiger partial charge in [0.25, 0.3) is 5.91 Å². The number of sulfonamides is 1. The van der Waals surface area contributed by atoms with Crippen molar-refractivity contribution in [2.75, 3.05) is 26.3 Å². The Hall–Kier alpha value is -3.27. The highest BCUT2D eigenvalue weighted by atomic mass is 32.2. The minimum Gasteiger partial charge on any atom is -0.398 e. The van der Waals surface area contributed by atoms with Gasteiger partial charge in [-0.15, -0.1) is 0 Å². The van der Waals surface area contributed by atoms with Crippen molar-refractivity contribution in [2.24, 2.45) is 5.73 Å². The van der Waals surface area contributed by atoms with E-state index in [0.717, 1.165) is 0 Å². The van der Waals surface area contributed by atoms with Gasteiger partial charge in [0.1, 0.15) is 0 Å². The summed E-state index contributed by atoms with van der Waals surface area (Å²) < 4.78 is 32.3. The number of hydrogen-bond donors (Lipinski definition) is 2. The van der Waals surface area contributed by atoms with Crippen molar-refractivity contribution in [3.8, 4) is 0 Å². The zero-order chi connectivity index (χ0) is 21.8. The number of nitrogens with one attached hydrogen (secondary N) is 1. The number of fused-ring (bicyclic) bond motifs is 2. The highest BCUT2D eigenvalue weighted by Crippen LogP contribution is 2.39. The van der Waals surface area contributed by atoms with Crippen LogP contribution >= 0.6 is 0 Å². The molecule has 0 radical (unpaired) electrons. The quantitative estimate of drug-likeness (QED) is 0.743. The molecule has 1 amide bonds. The van der Waals surface area contributed by atoms with E-state index in [1.807, 2.05) is 0 Å². The minimum atomic E-state index is -3.64. The summed E-state index contributed by atoms with van der Waals surface area (Å²) in [5.74, 6) is -0.742. The number of ether oxygens (including phenoxy) is 1. The number of ketones is 1. The van der Waals surface area contributed by atoms with Gasteiger partial charge in [0, 0.05) is 24.2 Å². The summed E-state index contributed by atoms with van der Waals surface area (Å²) in [4.78, 5) is 25.9. The summed E-state index contributed by atoms with van der Waals surface area (Å²) in [6.45, 7) is 1.33. The number of nitrogens with two attached hydrogens (primary N) is 1. The first-order valence-corrected chi connectivity index (χ1v) is 11.2. The van der Waals surface area contributed by atoms with Crippen LogP contribution in [0.2, 0.25) is 0 Å². The van der Waals surface area contributed by atoms with Gasteiger partial charge in [0.05, 0.1) is 40.6 Å². The van der Waals surface area contributed by atoms with E-state index >= 15 is 0 Å². The Balaban J connectivity index is 1.56. The average Bonchev–Trinajstić information content (AvgIpc) is 3.16. The number of carbonyl (C=O) groups excluding carboxylic acids is 2. The fraction of sp³-hybridized carbons (Fsp3) is 0.182. The van der Waals surface area contributed by atoms with Crippen molar-refractivity contribution in [3.05, 3.63) is 76.4 Å². The van der Waals surface area contributed by atoms with E-state index < -0.39 is 15.9 Å². The molecule has 31 heavy (non-hydrogen) atoms. The fourth-order valence-corrected chi connectivity index (χ4v) is 5.50. The van der Waals surface area contributed by atoms with Crippen molar-refractivity contribution in [1.82, 2.24) is 9.62 Å². The average molecular weight is 437 g/mol. The molecule has 0 bridgehead atoms. The van der Waals surface area contributed by atoms with E-state index in [0.29, 0.717) is 48.7 Å². The lowest BCUT2D eigenvalue weighted by Crippen LogP contribution is -2.40. The van der Waals surface area contributed by atoms with E-state index in [2.05, 4.69) is 5.32 Å². The third-order valence-corrected chi connectivity index (χ3v) is 7.59. The highest BCUT2D eigenvalue weighted by molar-refractivity contribution is 7.89. The van der Waals surface area contributed by atoms with Gasteiger partial charge in [-0.2, -0.15) is 4.31 Å². The second-order valence-electron chi connectivity index (χ2n) is 7.41. The van der Waals surface area contributed by atoms with E-state index in [-0.39, 0.29) is 27.5 Å². The first-order valence-electron chi connectivity index (χ1n) is 9.78. The van der Waals surface area contributed by atoms with Gasteiger partial charge in [0.2, 0.25) is 10.0 Å². The van der Waals surface area contributed by atoms with Crippen LogP contribution in [0.4, 0.5) is 0 Å². The third-order valence-electron chi connectivity index (χ3n) is 5.67. The molecule has 2 aliphatic heterocycles. The molecule has 3 aliphatic rings. The molecule has 0 atom stereocenters. The summed E-state index contributed by atoms with van der Waals surface area (Å²) in [5, 5.41) is 2.74. The molecule has 1 saturated heterocycles. The molecule has 1 aliphatic carbocycles. The topological polar surface area (TPSA) is 119 Å². The first kappa shape index (κ1) is 19.7. The van der Waals surface area contributed by atoms with Crippen LogP contribution in [0.25, 0.3) is 11.4 Å². The van der Waals surface area contributed by atoms with E-state index in [1.165, 1.54) is 16.4 Å². The largest absolute Gasteiger partial charge is 0.398 e. The molecule has 5 rings (SSSR count). The number of morpholine rings is 1. The van der Waals surface area contributed by atoms with Crippen molar-refractivity contribution < 1.29 is 22.7 Å². The smallest absolute Gasteiger partial charge is 0.258 e. The number of benzene rings is 2. The molecular weight excluding hydrogens is 418 g/mol. The summed E-state index contributed by atoms with van der Waals surface area (Å²) in [7, 11) is -3.64. The lowest BCUT2D eigenvalue weighted by atomic mass is 9.84. The normalized spacial score (nSPS) is 19.4. The molecule has 0 saturated carbocycles. The Labute approximate surface area is 179 Å². The van der Waals surface area contributed by atoms with Crippen molar-refractivity contribution in [3.63, 3.8) is 0 Å². The molecule has 1 fully saturated rings. The number of carbonyl (C=O) groups is 2. The molecule has 8 nitrogen and oxygen atoms in total. The van der Waals surface area contributed by atoms with Gasteiger partial charge < -0.3 is 15.8 Å². The molecule has 3 N–H and O–H groups in total. The second kappa shape index (κ2) is 7.16. The maximum absolute atomic E-state index is 13.2. The predicted octanol–water partition coefficient (Wildman–Crippen LogP) is 1.11. The molecule has 0 spiro atoms. The SMILES string of the molecule is NC1=C2C(=O)NC(c3ccc(S(=O)(=O)N4CCOCC4)cc3)=C2C(=O)c2ccccc21. The summed E-state index contributed by atoms with van der Waals surface area (Å²) in [6.07, 6.45) is 0.